The normalized spacial score (nSPS) is 13.7. The van der Waals surface area contributed by atoms with Gasteiger partial charge in [-0.25, -0.2) is 0 Å². The molecule has 0 heterocycles. The second kappa shape index (κ2) is 4.31. The Kier molecular flexibility index (Phi) is 2.86. The Balaban J connectivity index is 2.99. The summed E-state index contributed by atoms with van der Waals surface area (Å²) in [4.78, 5) is 0. The number of hydrogen-bond donors (Lipinski definition) is 0. The van der Waals surface area contributed by atoms with Crippen LogP contribution in [0.5, 0.6) is 0 Å². The predicted molar refractivity (Wildman–Crippen MR) is 68.1 cm³/mol. The van der Waals surface area contributed by atoms with Gasteiger partial charge in [0.15, 0.2) is 0 Å². The fourth-order valence-corrected chi connectivity index (χ4v) is 2.00. The van der Waals surface area contributed by atoms with E-state index >= 15 is 0 Å². The SMILES string of the molecule is CC=c1ccc2ccccc2c1=CCC. The Bertz CT molecular complexity index is 577. The Labute approximate surface area is 90.6 Å². The summed E-state index contributed by atoms with van der Waals surface area (Å²) in [7, 11) is 0. The largest absolute Gasteiger partial charge is 0.0798 e. The maximum atomic E-state index is 2.30. The molecule has 0 unspecified atom stereocenters. The highest BCUT2D eigenvalue weighted by Crippen LogP contribution is 2.06. The van der Waals surface area contributed by atoms with Crippen LogP contribution in [-0.4, -0.2) is 0 Å². The lowest BCUT2D eigenvalue weighted by Crippen LogP contribution is -2.24. The van der Waals surface area contributed by atoms with Crippen molar-refractivity contribution in [1.82, 2.24) is 0 Å². The fraction of sp³-hybridized carbons (Fsp3) is 0.200. The maximum Gasteiger partial charge on any atom is -0.0109 e. The highest BCUT2D eigenvalue weighted by Gasteiger charge is 1.93. The molecule has 0 aliphatic rings. The van der Waals surface area contributed by atoms with Crippen molar-refractivity contribution >= 4 is 22.9 Å². The monoisotopic (exact) mass is 196 g/mol. The molecule has 0 saturated heterocycles. The first-order chi connectivity index (χ1) is 7.36. The van der Waals surface area contributed by atoms with Gasteiger partial charge in [0, 0.05) is 0 Å². The zero-order valence-corrected chi connectivity index (χ0v) is 9.33. The van der Waals surface area contributed by atoms with Gasteiger partial charge in [-0.15, -0.1) is 0 Å². The fourth-order valence-electron chi connectivity index (χ4n) is 2.00. The molecular formula is C15H16. The topological polar surface area (TPSA) is 0 Å². The van der Waals surface area contributed by atoms with Crippen LogP contribution in [0.3, 0.4) is 0 Å². The van der Waals surface area contributed by atoms with Crippen LogP contribution in [0.1, 0.15) is 20.3 Å². The van der Waals surface area contributed by atoms with Crippen molar-refractivity contribution in [2.75, 3.05) is 0 Å². The number of rotatable bonds is 1. The first-order valence-corrected chi connectivity index (χ1v) is 5.51. The van der Waals surface area contributed by atoms with E-state index in [4.69, 9.17) is 0 Å². The van der Waals surface area contributed by atoms with E-state index in [9.17, 15) is 0 Å². The van der Waals surface area contributed by atoms with Crippen LogP contribution < -0.4 is 10.4 Å². The van der Waals surface area contributed by atoms with Crippen molar-refractivity contribution in [1.29, 1.82) is 0 Å². The van der Waals surface area contributed by atoms with Gasteiger partial charge in [-0.1, -0.05) is 55.5 Å². The minimum Gasteiger partial charge on any atom is -0.0798 e. The van der Waals surface area contributed by atoms with Crippen molar-refractivity contribution in [2.45, 2.75) is 20.3 Å². The van der Waals surface area contributed by atoms with Crippen LogP contribution in [0, 0.1) is 0 Å². The van der Waals surface area contributed by atoms with Crippen molar-refractivity contribution in [3.05, 3.63) is 46.8 Å². The summed E-state index contributed by atoms with van der Waals surface area (Å²) in [6, 6.07) is 13.0. The van der Waals surface area contributed by atoms with E-state index in [1.54, 1.807) is 0 Å². The third-order valence-corrected chi connectivity index (χ3v) is 2.72. The minimum absolute atomic E-state index is 1.08. The van der Waals surface area contributed by atoms with E-state index in [0.717, 1.165) is 6.42 Å². The lowest BCUT2D eigenvalue weighted by molar-refractivity contribution is 1.29. The summed E-state index contributed by atoms with van der Waals surface area (Å²) >= 11 is 0. The molecule has 0 aromatic heterocycles. The second-order valence-corrected chi connectivity index (χ2v) is 3.69. The van der Waals surface area contributed by atoms with Crippen LogP contribution in [0.25, 0.3) is 22.9 Å². The molecule has 2 aromatic carbocycles. The molecule has 76 valence electrons. The van der Waals surface area contributed by atoms with Gasteiger partial charge < -0.3 is 0 Å². The van der Waals surface area contributed by atoms with Crippen LogP contribution in [0.4, 0.5) is 0 Å². The minimum atomic E-state index is 1.08. The standard InChI is InChI=1S/C15H16/c1-3-7-14-12(4-2)10-11-13-8-5-6-9-15(13)14/h4-11H,3H2,1-2H3. The van der Waals surface area contributed by atoms with E-state index in [-0.39, 0.29) is 0 Å². The van der Waals surface area contributed by atoms with Crippen molar-refractivity contribution in [2.24, 2.45) is 0 Å². The van der Waals surface area contributed by atoms with E-state index < -0.39 is 0 Å². The summed E-state index contributed by atoms with van der Waals surface area (Å²) in [5.74, 6) is 0. The molecule has 0 aliphatic heterocycles. The van der Waals surface area contributed by atoms with E-state index in [0.29, 0.717) is 0 Å². The Hall–Kier alpha value is -1.56. The first-order valence-electron chi connectivity index (χ1n) is 5.51. The Morgan fingerprint density at radius 1 is 1.07 bits per heavy atom. The van der Waals surface area contributed by atoms with Gasteiger partial charge in [-0.2, -0.15) is 0 Å². The summed E-state index contributed by atoms with van der Waals surface area (Å²) in [6.45, 7) is 4.28. The molecule has 0 nitrogen and oxygen atoms in total. The molecule has 0 amide bonds. The quantitative estimate of drug-likeness (QED) is 0.658. The second-order valence-electron chi connectivity index (χ2n) is 3.69. The smallest absolute Gasteiger partial charge is 0.0109 e. The molecule has 0 N–H and O–H groups in total. The predicted octanol–water partition coefficient (Wildman–Crippen LogP) is 2.83. The van der Waals surface area contributed by atoms with E-state index in [2.05, 4.69) is 62.4 Å². The highest BCUT2D eigenvalue weighted by molar-refractivity contribution is 5.83. The van der Waals surface area contributed by atoms with Crippen molar-refractivity contribution in [3.63, 3.8) is 0 Å². The van der Waals surface area contributed by atoms with E-state index in [1.165, 1.54) is 21.2 Å². The van der Waals surface area contributed by atoms with E-state index in [1.807, 2.05) is 0 Å². The zero-order valence-electron chi connectivity index (χ0n) is 9.33. The van der Waals surface area contributed by atoms with Crippen LogP contribution in [-0.2, 0) is 0 Å². The molecule has 0 aliphatic carbocycles. The van der Waals surface area contributed by atoms with Crippen LogP contribution >= 0.6 is 0 Å². The molecule has 0 fully saturated rings. The van der Waals surface area contributed by atoms with Gasteiger partial charge in [0.05, 0.1) is 0 Å². The first kappa shape index (κ1) is 9.97. The third-order valence-electron chi connectivity index (χ3n) is 2.72. The summed E-state index contributed by atoms with van der Waals surface area (Å²) in [6.07, 6.45) is 5.56. The highest BCUT2D eigenvalue weighted by atomic mass is 14.0. The molecule has 15 heavy (non-hydrogen) atoms. The number of benzene rings is 2. The Morgan fingerprint density at radius 2 is 1.87 bits per heavy atom. The summed E-state index contributed by atoms with van der Waals surface area (Å²) in [5, 5.41) is 5.38. The molecule has 2 aromatic rings. The average molecular weight is 196 g/mol. The number of hydrogen-bond acceptors (Lipinski definition) is 0. The van der Waals surface area contributed by atoms with Crippen LogP contribution in [0.2, 0.25) is 0 Å². The summed E-state index contributed by atoms with van der Waals surface area (Å²) in [5.41, 5.74) is 0. The lowest BCUT2D eigenvalue weighted by Gasteiger charge is -1.99. The maximum absolute atomic E-state index is 2.30. The average Bonchev–Trinajstić information content (AvgIpc) is 2.30. The molecule has 0 spiro atoms. The number of fused-ring (bicyclic) bond motifs is 1. The van der Waals surface area contributed by atoms with Crippen molar-refractivity contribution in [3.8, 4) is 0 Å². The van der Waals surface area contributed by atoms with Gasteiger partial charge in [0.1, 0.15) is 0 Å². The molecule has 2 rings (SSSR count). The summed E-state index contributed by atoms with van der Waals surface area (Å²) < 4.78 is 0. The van der Waals surface area contributed by atoms with Crippen LogP contribution in [0.15, 0.2) is 36.4 Å². The molecular weight excluding hydrogens is 180 g/mol. The molecule has 0 atom stereocenters. The van der Waals surface area contributed by atoms with Gasteiger partial charge in [-0.3, -0.25) is 0 Å². The van der Waals surface area contributed by atoms with Crippen molar-refractivity contribution < 1.29 is 0 Å². The zero-order chi connectivity index (χ0) is 10.7. The van der Waals surface area contributed by atoms with Gasteiger partial charge >= 0.3 is 0 Å². The van der Waals surface area contributed by atoms with Gasteiger partial charge in [0.25, 0.3) is 0 Å². The third kappa shape index (κ3) is 1.80. The van der Waals surface area contributed by atoms with Gasteiger partial charge in [-0.05, 0) is 34.6 Å². The molecule has 0 heteroatoms. The lowest BCUT2D eigenvalue weighted by atomic mass is 10.1. The Morgan fingerprint density at radius 3 is 2.60 bits per heavy atom. The molecule has 0 saturated carbocycles. The van der Waals surface area contributed by atoms with Gasteiger partial charge in [0.2, 0.25) is 0 Å². The molecule has 0 bridgehead atoms. The molecule has 0 radical (unpaired) electrons.